The fourth-order valence-electron chi connectivity index (χ4n) is 4.64. The van der Waals surface area contributed by atoms with Crippen LogP contribution < -0.4 is 5.32 Å². The molecular formula is C26H27N5O2S2. The molecule has 1 aromatic carbocycles. The van der Waals surface area contributed by atoms with E-state index in [1.807, 2.05) is 20.9 Å². The van der Waals surface area contributed by atoms with E-state index < -0.39 is 0 Å². The lowest BCUT2D eigenvalue weighted by Crippen LogP contribution is -2.49. The Morgan fingerprint density at radius 3 is 2.71 bits per heavy atom. The molecule has 1 atom stereocenters. The van der Waals surface area contributed by atoms with Crippen molar-refractivity contribution in [3.05, 3.63) is 64.0 Å². The first kappa shape index (κ1) is 22.4. The van der Waals surface area contributed by atoms with Gasteiger partial charge in [-0.25, -0.2) is 9.97 Å². The molecule has 4 heterocycles. The molecule has 6 rings (SSSR count). The van der Waals surface area contributed by atoms with E-state index in [9.17, 15) is 9.59 Å². The molecule has 2 aliphatic rings. The number of piperidine rings is 1. The molecule has 1 aliphatic carbocycles. The lowest BCUT2D eigenvalue weighted by Gasteiger charge is -2.35. The van der Waals surface area contributed by atoms with Crippen LogP contribution in [0.15, 0.2) is 42.0 Å². The summed E-state index contributed by atoms with van der Waals surface area (Å²) in [5.74, 6) is 0.265. The SMILES string of the molecule is Cc1ccc(-c2sc(C3CC3)nc2C(=O)N2CCCC[C@H]2CNC(=O)c2cn3ccsc3n2)cc1. The number of rotatable bonds is 6. The molecular weight excluding hydrogens is 478 g/mol. The van der Waals surface area contributed by atoms with E-state index in [2.05, 4.69) is 41.5 Å². The third-order valence-corrected chi connectivity index (χ3v) is 8.84. The summed E-state index contributed by atoms with van der Waals surface area (Å²) in [5, 5.41) is 6.03. The summed E-state index contributed by atoms with van der Waals surface area (Å²) >= 11 is 3.16. The van der Waals surface area contributed by atoms with Crippen LogP contribution in [0.25, 0.3) is 15.4 Å². The van der Waals surface area contributed by atoms with Crippen molar-refractivity contribution in [2.75, 3.05) is 13.1 Å². The number of nitrogens with one attached hydrogen (secondary N) is 1. The van der Waals surface area contributed by atoms with Gasteiger partial charge in [0, 0.05) is 42.8 Å². The fraction of sp³-hybridized carbons (Fsp3) is 0.385. The highest BCUT2D eigenvalue weighted by molar-refractivity contribution is 7.15. The number of aryl methyl sites for hydroxylation is 1. The van der Waals surface area contributed by atoms with Crippen LogP contribution in [0.3, 0.4) is 0 Å². The lowest BCUT2D eigenvalue weighted by molar-refractivity contribution is 0.0598. The largest absolute Gasteiger partial charge is 0.349 e. The maximum Gasteiger partial charge on any atom is 0.274 e. The molecule has 9 heteroatoms. The normalized spacial score (nSPS) is 18.2. The number of carbonyl (C=O) groups excluding carboxylic acids is 2. The molecule has 1 aliphatic heterocycles. The first-order valence-electron chi connectivity index (χ1n) is 12.2. The number of amides is 2. The van der Waals surface area contributed by atoms with Gasteiger partial charge in [0.2, 0.25) is 0 Å². The molecule has 1 saturated carbocycles. The van der Waals surface area contributed by atoms with Crippen molar-refractivity contribution in [3.63, 3.8) is 0 Å². The zero-order valence-electron chi connectivity index (χ0n) is 19.6. The molecule has 0 bridgehead atoms. The van der Waals surface area contributed by atoms with E-state index in [4.69, 9.17) is 4.98 Å². The Hall–Kier alpha value is -3.04. The van der Waals surface area contributed by atoms with Crippen molar-refractivity contribution < 1.29 is 9.59 Å². The minimum absolute atomic E-state index is 0.0230. The predicted octanol–water partition coefficient (Wildman–Crippen LogP) is 5.13. The van der Waals surface area contributed by atoms with Gasteiger partial charge in [-0.3, -0.25) is 14.0 Å². The van der Waals surface area contributed by atoms with Gasteiger partial charge < -0.3 is 10.2 Å². The Balaban J connectivity index is 1.22. The van der Waals surface area contributed by atoms with Crippen LogP contribution >= 0.6 is 22.7 Å². The van der Waals surface area contributed by atoms with Gasteiger partial charge in [0.05, 0.1) is 9.88 Å². The van der Waals surface area contributed by atoms with Gasteiger partial charge in [-0.1, -0.05) is 29.8 Å². The average molecular weight is 506 g/mol. The van der Waals surface area contributed by atoms with Crippen molar-refractivity contribution in [1.29, 1.82) is 0 Å². The van der Waals surface area contributed by atoms with E-state index in [0.29, 0.717) is 30.4 Å². The van der Waals surface area contributed by atoms with Crippen molar-refractivity contribution in [1.82, 2.24) is 24.6 Å². The Kier molecular flexibility index (Phi) is 5.89. The highest BCUT2D eigenvalue weighted by Crippen LogP contribution is 2.45. The molecule has 7 nitrogen and oxygen atoms in total. The standard InChI is InChI=1S/C26H27N5O2S2/c1-16-5-7-17(8-6-16)22-21(29-24(35-22)18-9-10-18)25(33)31-11-3-2-4-19(31)14-27-23(32)20-15-30-12-13-34-26(30)28-20/h5-8,12-13,15,18-19H,2-4,9-11,14H2,1H3,(H,27,32)/t19-/m0/s1. The Labute approximate surface area is 211 Å². The molecule has 3 aromatic heterocycles. The second-order valence-corrected chi connectivity index (χ2v) is 11.4. The molecule has 0 radical (unpaired) electrons. The molecule has 4 aromatic rings. The van der Waals surface area contributed by atoms with E-state index >= 15 is 0 Å². The number of nitrogens with zero attached hydrogens (tertiary/aromatic N) is 4. The van der Waals surface area contributed by atoms with Crippen molar-refractivity contribution >= 4 is 39.4 Å². The maximum atomic E-state index is 13.9. The minimum Gasteiger partial charge on any atom is -0.349 e. The second kappa shape index (κ2) is 9.20. The quantitative estimate of drug-likeness (QED) is 0.394. The number of benzene rings is 1. The van der Waals surface area contributed by atoms with Crippen LogP contribution in [0.2, 0.25) is 0 Å². The molecule has 0 unspecified atom stereocenters. The van der Waals surface area contributed by atoms with Crippen LogP contribution in [0, 0.1) is 6.92 Å². The number of hydrogen-bond acceptors (Lipinski definition) is 6. The number of hydrogen-bond donors (Lipinski definition) is 1. The zero-order valence-corrected chi connectivity index (χ0v) is 21.2. The van der Waals surface area contributed by atoms with Gasteiger partial charge in [-0.05, 0) is 44.6 Å². The van der Waals surface area contributed by atoms with Crippen molar-refractivity contribution in [2.24, 2.45) is 0 Å². The van der Waals surface area contributed by atoms with Crippen LogP contribution in [0.4, 0.5) is 0 Å². The number of likely N-dealkylation sites (tertiary alicyclic amines) is 1. The van der Waals surface area contributed by atoms with Crippen LogP contribution in [-0.2, 0) is 0 Å². The topological polar surface area (TPSA) is 79.6 Å². The van der Waals surface area contributed by atoms with Gasteiger partial charge in [0.1, 0.15) is 11.4 Å². The van der Waals surface area contributed by atoms with Gasteiger partial charge in [0.25, 0.3) is 11.8 Å². The Bertz CT molecular complexity index is 1350. The van der Waals surface area contributed by atoms with Gasteiger partial charge in [0.15, 0.2) is 4.96 Å². The maximum absolute atomic E-state index is 13.9. The molecule has 2 fully saturated rings. The Morgan fingerprint density at radius 1 is 1.11 bits per heavy atom. The highest BCUT2D eigenvalue weighted by atomic mass is 32.1. The number of thiazole rings is 2. The molecule has 2 amide bonds. The smallest absolute Gasteiger partial charge is 0.274 e. The summed E-state index contributed by atoms with van der Waals surface area (Å²) in [7, 11) is 0. The van der Waals surface area contributed by atoms with E-state index in [1.165, 1.54) is 16.9 Å². The zero-order chi connectivity index (χ0) is 23.9. The summed E-state index contributed by atoms with van der Waals surface area (Å²) in [5.41, 5.74) is 3.21. The summed E-state index contributed by atoms with van der Waals surface area (Å²) in [4.78, 5) is 39.6. The van der Waals surface area contributed by atoms with Crippen LogP contribution in [0.1, 0.15) is 69.6 Å². The van der Waals surface area contributed by atoms with E-state index in [0.717, 1.165) is 52.5 Å². The van der Waals surface area contributed by atoms with E-state index in [1.54, 1.807) is 17.5 Å². The molecule has 0 spiro atoms. The molecule has 35 heavy (non-hydrogen) atoms. The fourth-order valence-corrected chi connectivity index (χ4v) is 6.57. The number of aromatic nitrogens is 3. The van der Waals surface area contributed by atoms with Gasteiger partial charge >= 0.3 is 0 Å². The highest BCUT2D eigenvalue weighted by Gasteiger charge is 2.34. The van der Waals surface area contributed by atoms with Crippen LogP contribution in [-0.4, -0.2) is 50.2 Å². The summed E-state index contributed by atoms with van der Waals surface area (Å²) < 4.78 is 1.85. The van der Waals surface area contributed by atoms with Crippen molar-refractivity contribution in [2.45, 2.75) is 51.0 Å². The number of fused-ring (bicyclic) bond motifs is 1. The lowest BCUT2D eigenvalue weighted by atomic mass is 10.0. The third-order valence-electron chi connectivity index (χ3n) is 6.80. The monoisotopic (exact) mass is 505 g/mol. The number of imidazole rings is 1. The second-order valence-electron chi connectivity index (χ2n) is 9.45. The first-order chi connectivity index (χ1) is 17.1. The Morgan fingerprint density at radius 2 is 1.94 bits per heavy atom. The van der Waals surface area contributed by atoms with Gasteiger partial charge in [-0.15, -0.1) is 22.7 Å². The van der Waals surface area contributed by atoms with Crippen LogP contribution in [0.5, 0.6) is 0 Å². The minimum atomic E-state index is -0.205. The molecule has 180 valence electrons. The predicted molar refractivity (Wildman–Crippen MR) is 138 cm³/mol. The average Bonchev–Trinajstić information content (AvgIpc) is 3.27. The first-order valence-corrected chi connectivity index (χ1v) is 13.9. The number of carbonyl (C=O) groups is 2. The summed E-state index contributed by atoms with van der Waals surface area (Å²) in [6.45, 7) is 3.16. The van der Waals surface area contributed by atoms with Crippen molar-refractivity contribution in [3.8, 4) is 10.4 Å². The summed E-state index contributed by atoms with van der Waals surface area (Å²) in [6.07, 6.45) is 8.81. The molecule has 1 N–H and O–H groups in total. The van der Waals surface area contributed by atoms with Gasteiger partial charge in [-0.2, -0.15) is 0 Å². The third kappa shape index (κ3) is 4.50. The summed E-state index contributed by atoms with van der Waals surface area (Å²) in [6, 6.07) is 8.28. The van der Waals surface area contributed by atoms with E-state index in [-0.39, 0.29) is 17.9 Å². The molecule has 1 saturated heterocycles.